The second-order valence-electron chi connectivity index (χ2n) is 7.74. The van der Waals surface area contributed by atoms with E-state index in [4.69, 9.17) is 9.05 Å². The maximum atomic E-state index is 13.6. The smallest absolute Gasteiger partial charge is 0.306 e. The van der Waals surface area contributed by atoms with Crippen LogP contribution in [-0.4, -0.2) is 32.6 Å². The third-order valence-corrected chi connectivity index (χ3v) is 10.1. The molecule has 4 atom stereocenters. The van der Waals surface area contributed by atoms with E-state index in [2.05, 4.69) is 0 Å². The Morgan fingerprint density at radius 1 is 1.12 bits per heavy atom. The van der Waals surface area contributed by atoms with Crippen LogP contribution >= 0.6 is 7.60 Å². The van der Waals surface area contributed by atoms with E-state index in [1.807, 2.05) is 19.1 Å². The molecule has 7 heteroatoms. The van der Waals surface area contributed by atoms with Gasteiger partial charge in [0.25, 0.3) is 0 Å². The van der Waals surface area contributed by atoms with Gasteiger partial charge < -0.3 is 9.05 Å². The van der Waals surface area contributed by atoms with E-state index in [1.54, 1.807) is 39.8 Å². The van der Waals surface area contributed by atoms with E-state index in [0.29, 0.717) is 17.7 Å². The van der Waals surface area contributed by atoms with Gasteiger partial charge in [-0.05, 0) is 53.2 Å². The second kappa shape index (κ2) is 6.97. The lowest BCUT2D eigenvalue weighted by molar-refractivity contribution is -0.118. The van der Waals surface area contributed by atoms with E-state index < -0.39 is 28.8 Å². The molecule has 0 aliphatic heterocycles. The zero-order chi connectivity index (χ0) is 19.3. The molecule has 0 amide bonds. The Hall–Kier alpha value is -0.810. The van der Waals surface area contributed by atoms with E-state index in [1.165, 1.54) is 0 Å². The van der Waals surface area contributed by atoms with Crippen molar-refractivity contribution in [3.63, 3.8) is 0 Å². The molecule has 5 nitrogen and oxygen atoms in total. The number of rotatable bonds is 7. The number of hydrogen-bond donors (Lipinski definition) is 0. The van der Waals surface area contributed by atoms with Crippen molar-refractivity contribution >= 4 is 24.2 Å². The molecule has 2 aliphatic rings. The molecular weight excluding hydrogens is 371 g/mol. The molecule has 2 fully saturated rings. The molecule has 2 saturated carbocycles. The lowest BCUT2D eigenvalue weighted by atomic mass is 10.2. The molecule has 0 aromatic heterocycles. The molecule has 26 heavy (non-hydrogen) atoms. The number of carbonyl (C=O) groups is 1. The molecule has 3 rings (SSSR count). The molecule has 2 aliphatic carbocycles. The van der Waals surface area contributed by atoms with E-state index in [0.717, 1.165) is 5.56 Å². The quantitative estimate of drug-likeness (QED) is 0.643. The van der Waals surface area contributed by atoms with Crippen molar-refractivity contribution in [2.45, 2.75) is 75.0 Å². The summed E-state index contributed by atoms with van der Waals surface area (Å²) in [6.07, 6.45) is 0.359. The van der Waals surface area contributed by atoms with E-state index in [9.17, 15) is 13.6 Å². The monoisotopic (exact) mass is 398 g/mol. The van der Waals surface area contributed by atoms with Crippen LogP contribution in [0.4, 0.5) is 0 Å². The summed E-state index contributed by atoms with van der Waals surface area (Å²) in [4.78, 5) is 13.4. The first-order valence-electron chi connectivity index (χ1n) is 9.11. The van der Waals surface area contributed by atoms with Crippen molar-refractivity contribution in [1.82, 2.24) is 0 Å². The summed E-state index contributed by atoms with van der Waals surface area (Å²) in [5, 5.41) is 0. The highest BCUT2D eigenvalue weighted by molar-refractivity contribution is 7.88. The molecule has 144 valence electrons. The minimum atomic E-state index is -3.57. The Balaban J connectivity index is 2.00. The topological polar surface area (TPSA) is 69.7 Å². The van der Waals surface area contributed by atoms with Gasteiger partial charge >= 0.3 is 7.60 Å². The molecule has 0 heterocycles. The first-order valence-corrected chi connectivity index (χ1v) is 11.9. The number of carbonyl (C=O) groups excluding carboxylic acids is 1. The normalized spacial score (nSPS) is 29.3. The van der Waals surface area contributed by atoms with Crippen LogP contribution in [0.1, 0.15) is 46.1 Å². The van der Waals surface area contributed by atoms with Gasteiger partial charge in [0.1, 0.15) is 4.75 Å². The highest BCUT2D eigenvalue weighted by Gasteiger charge is 2.82. The molecule has 0 N–H and O–H groups in total. The van der Waals surface area contributed by atoms with Crippen molar-refractivity contribution in [3.05, 3.63) is 29.8 Å². The van der Waals surface area contributed by atoms with Crippen molar-refractivity contribution in [2.75, 3.05) is 0 Å². The number of aryl methyl sites for hydroxylation is 1. The second-order valence-corrected chi connectivity index (χ2v) is 11.5. The van der Waals surface area contributed by atoms with Gasteiger partial charge in [-0.15, -0.1) is 0 Å². The Morgan fingerprint density at radius 3 is 2.15 bits per heavy atom. The van der Waals surface area contributed by atoms with Crippen molar-refractivity contribution in [1.29, 1.82) is 0 Å². The molecular formula is C19H27O5PS. The van der Waals surface area contributed by atoms with Gasteiger partial charge in [0, 0.05) is 17.2 Å². The highest BCUT2D eigenvalue weighted by atomic mass is 32.2. The largest absolute Gasteiger partial charge is 0.336 e. The van der Waals surface area contributed by atoms with E-state index in [-0.39, 0.29) is 23.9 Å². The van der Waals surface area contributed by atoms with Crippen molar-refractivity contribution in [3.8, 4) is 0 Å². The van der Waals surface area contributed by atoms with Crippen molar-refractivity contribution in [2.24, 2.45) is 5.92 Å². The van der Waals surface area contributed by atoms with Crippen LogP contribution in [-0.2, 0) is 29.2 Å². The number of fused-ring (bicyclic) bond motifs is 1. The van der Waals surface area contributed by atoms with Gasteiger partial charge in [0.2, 0.25) is 0 Å². The molecule has 0 radical (unpaired) electrons. The fourth-order valence-electron chi connectivity index (χ4n) is 4.05. The zero-order valence-electron chi connectivity index (χ0n) is 15.9. The Labute approximate surface area is 157 Å². The number of ketones is 1. The fourth-order valence-corrected chi connectivity index (χ4v) is 9.78. The SMILES string of the molecule is Cc1ccc(S(=O)[C@@]23C(=O)CC[C@@H]2[C@@H]3P(=O)(OC(C)C)OC(C)C)cc1. The maximum Gasteiger partial charge on any atom is 0.336 e. The average Bonchev–Trinajstić information content (AvgIpc) is 3.12. The van der Waals surface area contributed by atoms with Crippen LogP contribution in [0.5, 0.6) is 0 Å². The zero-order valence-corrected chi connectivity index (χ0v) is 17.6. The minimum absolute atomic E-state index is 0.0775. The van der Waals surface area contributed by atoms with Gasteiger partial charge in [-0.25, -0.2) is 0 Å². The third-order valence-electron chi connectivity index (χ3n) is 4.98. The summed E-state index contributed by atoms with van der Waals surface area (Å²) < 4.78 is 37.4. The number of Topliss-reactive ketones (excluding diaryl/α,β-unsaturated/α-hetero) is 1. The Bertz CT molecular complexity index is 759. The maximum absolute atomic E-state index is 13.6. The summed E-state index contributed by atoms with van der Waals surface area (Å²) in [7, 11) is -5.15. The Morgan fingerprint density at radius 2 is 1.65 bits per heavy atom. The number of hydrogen-bond acceptors (Lipinski definition) is 5. The van der Waals surface area contributed by atoms with Gasteiger partial charge in [-0.3, -0.25) is 13.6 Å². The molecule has 1 unspecified atom stereocenters. The van der Waals surface area contributed by atoms with Gasteiger partial charge in [0.15, 0.2) is 5.78 Å². The van der Waals surface area contributed by atoms with Crippen LogP contribution in [0.25, 0.3) is 0 Å². The predicted molar refractivity (Wildman–Crippen MR) is 102 cm³/mol. The lowest BCUT2D eigenvalue weighted by Crippen LogP contribution is -2.32. The molecule has 1 aromatic rings. The molecule has 0 saturated heterocycles. The van der Waals surface area contributed by atoms with Crippen LogP contribution in [0.2, 0.25) is 0 Å². The molecule has 1 aromatic carbocycles. The van der Waals surface area contributed by atoms with Crippen LogP contribution in [0, 0.1) is 12.8 Å². The van der Waals surface area contributed by atoms with Gasteiger partial charge in [0.05, 0.1) is 28.7 Å². The fraction of sp³-hybridized carbons (Fsp3) is 0.632. The summed E-state index contributed by atoms with van der Waals surface area (Å²) in [6, 6.07) is 7.33. The number of benzene rings is 1. The first kappa shape index (κ1) is 19.9. The standard InChI is InChI=1S/C19H27O5PS/c1-12(2)23-25(21,24-13(3)4)18-16-10-11-17(20)19(16,18)26(22)15-8-6-14(5)7-9-15/h6-9,12-13,16,18H,10-11H2,1-5H3/t16-,18+,19-,26?/m1/s1. The van der Waals surface area contributed by atoms with Crippen molar-refractivity contribution < 1.29 is 22.6 Å². The molecule has 0 spiro atoms. The minimum Gasteiger partial charge on any atom is -0.306 e. The Kier molecular flexibility index (Phi) is 5.35. The van der Waals surface area contributed by atoms with Gasteiger partial charge in [-0.1, -0.05) is 17.7 Å². The third kappa shape index (κ3) is 3.15. The van der Waals surface area contributed by atoms with E-state index >= 15 is 0 Å². The predicted octanol–water partition coefficient (Wildman–Crippen LogP) is 4.25. The summed E-state index contributed by atoms with van der Waals surface area (Å²) in [5.41, 5.74) is 0.435. The van der Waals surface area contributed by atoms with Crippen LogP contribution in [0.15, 0.2) is 29.2 Å². The first-order chi connectivity index (χ1) is 12.1. The highest BCUT2D eigenvalue weighted by Crippen LogP contribution is 2.76. The average molecular weight is 398 g/mol. The van der Waals surface area contributed by atoms with Gasteiger partial charge in [-0.2, -0.15) is 0 Å². The summed E-state index contributed by atoms with van der Waals surface area (Å²) in [6.45, 7) is 9.12. The lowest BCUT2D eigenvalue weighted by Gasteiger charge is -2.25. The molecule has 0 bridgehead atoms. The van der Waals surface area contributed by atoms with Crippen LogP contribution in [0.3, 0.4) is 0 Å². The summed E-state index contributed by atoms with van der Waals surface area (Å²) in [5.74, 6) is -0.285. The van der Waals surface area contributed by atoms with Crippen LogP contribution < -0.4 is 0 Å². The summed E-state index contributed by atoms with van der Waals surface area (Å²) >= 11 is 0.